The van der Waals surface area contributed by atoms with Crippen molar-refractivity contribution >= 4 is 65.6 Å². The van der Waals surface area contributed by atoms with E-state index >= 15 is 0 Å². The predicted molar refractivity (Wildman–Crippen MR) is 232 cm³/mol. The lowest BCUT2D eigenvalue weighted by Crippen LogP contribution is -2.06. The zero-order valence-electron chi connectivity index (χ0n) is 30.5. The Morgan fingerprint density at radius 2 is 0.912 bits per heavy atom. The summed E-state index contributed by atoms with van der Waals surface area (Å²) in [4.78, 5) is 15.4. The minimum atomic E-state index is 0.567. The van der Waals surface area contributed by atoms with Gasteiger partial charge in [0, 0.05) is 49.1 Å². The number of furan rings is 1. The van der Waals surface area contributed by atoms with Gasteiger partial charge in [0.2, 0.25) is 5.95 Å². The monoisotopic (exact) mass is 729 g/mol. The van der Waals surface area contributed by atoms with Crippen LogP contribution in [0.15, 0.2) is 192 Å². The molecule has 12 rings (SSSR count). The van der Waals surface area contributed by atoms with Crippen molar-refractivity contribution in [3.05, 3.63) is 188 Å². The maximum absolute atomic E-state index is 6.86. The standard InChI is InChI=1S/C51H31N5O/c1-3-14-32(15-4-1)34-18-13-19-36(30-34)55-43-23-10-9-22-39(43)40-27-28-41-42-31-35(26-29-46(42)57-48(41)47(40)55)50-52-49(33-16-5-2-6-17-33)53-51(54-50)56-44-24-11-7-20-37(44)38-21-8-12-25-45(38)56/h1-31H. The highest BCUT2D eigenvalue weighted by Crippen LogP contribution is 2.42. The fraction of sp³-hybridized carbons (Fsp3) is 0. The summed E-state index contributed by atoms with van der Waals surface area (Å²) in [7, 11) is 0. The average Bonchev–Trinajstić information content (AvgIpc) is 3.94. The van der Waals surface area contributed by atoms with Crippen LogP contribution in [0.5, 0.6) is 0 Å². The average molecular weight is 730 g/mol. The van der Waals surface area contributed by atoms with E-state index in [4.69, 9.17) is 19.4 Å². The number of aromatic nitrogens is 5. The van der Waals surface area contributed by atoms with Gasteiger partial charge >= 0.3 is 0 Å². The quantitative estimate of drug-likeness (QED) is 0.177. The molecule has 266 valence electrons. The van der Waals surface area contributed by atoms with Crippen molar-refractivity contribution in [2.45, 2.75) is 0 Å². The highest BCUT2D eigenvalue weighted by molar-refractivity contribution is 6.21. The SMILES string of the molecule is c1ccc(-c2cccc(-n3c4ccccc4c4ccc5c6cc(-c7nc(-c8ccccc8)nc(-n8c9ccccc9c9ccccc98)n7)ccc6oc5c43)c2)cc1. The summed E-state index contributed by atoms with van der Waals surface area (Å²) in [6.45, 7) is 0. The van der Waals surface area contributed by atoms with Gasteiger partial charge in [-0.25, -0.2) is 4.98 Å². The van der Waals surface area contributed by atoms with E-state index in [0.717, 1.165) is 82.5 Å². The number of nitrogens with zero attached hydrogens (tertiary/aromatic N) is 5. The van der Waals surface area contributed by atoms with Crippen LogP contribution in [-0.4, -0.2) is 24.1 Å². The Labute approximate surface area is 326 Å². The summed E-state index contributed by atoms with van der Waals surface area (Å²) in [5, 5.41) is 6.65. The summed E-state index contributed by atoms with van der Waals surface area (Å²) < 4.78 is 11.4. The first-order valence-electron chi connectivity index (χ1n) is 19.1. The van der Waals surface area contributed by atoms with Crippen LogP contribution in [0.2, 0.25) is 0 Å². The van der Waals surface area contributed by atoms with E-state index < -0.39 is 0 Å². The highest BCUT2D eigenvalue weighted by Gasteiger charge is 2.21. The minimum Gasteiger partial charge on any atom is -0.454 e. The van der Waals surface area contributed by atoms with Gasteiger partial charge in [-0.3, -0.25) is 4.57 Å². The number of hydrogen-bond donors (Lipinski definition) is 0. The molecule has 6 nitrogen and oxygen atoms in total. The number of para-hydroxylation sites is 3. The van der Waals surface area contributed by atoms with Crippen molar-refractivity contribution in [3.63, 3.8) is 0 Å². The van der Waals surface area contributed by atoms with Crippen molar-refractivity contribution in [3.8, 4) is 45.5 Å². The lowest BCUT2D eigenvalue weighted by atomic mass is 10.0. The second kappa shape index (κ2) is 12.3. The van der Waals surface area contributed by atoms with Gasteiger partial charge in [0.05, 0.1) is 22.1 Å². The second-order valence-electron chi connectivity index (χ2n) is 14.4. The third-order valence-corrected chi connectivity index (χ3v) is 11.2. The van der Waals surface area contributed by atoms with Crippen molar-refractivity contribution in [2.24, 2.45) is 0 Å². The Kier molecular flexibility index (Phi) is 6.83. The lowest BCUT2D eigenvalue weighted by molar-refractivity contribution is 0.671. The Hall–Kier alpha value is -7.83. The van der Waals surface area contributed by atoms with E-state index in [9.17, 15) is 0 Å². The van der Waals surface area contributed by atoms with Gasteiger partial charge in [-0.1, -0.05) is 133 Å². The molecule has 0 radical (unpaired) electrons. The van der Waals surface area contributed by atoms with Crippen LogP contribution in [0.1, 0.15) is 0 Å². The summed E-state index contributed by atoms with van der Waals surface area (Å²) >= 11 is 0. The summed E-state index contributed by atoms with van der Waals surface area (Å²) in [5.74, 6) is 1.76. The molecule has 0 saturated heterocycles. The second-order valence-corrected chi connectivity index (χ2v) is 14.4. The summed E-state index contributed by atoms with van der Waals surface area (Å²) in [6, 6.07) is 65.5. The molecule has 0 fully saturated rings. The Morgan fingerprint density at radius 3 is 1.61 bits per heavy atom. The lowest BCUT2D eigenvalue weighted by Gasteiger charge is -2.11. The van der Waals surface area contributed by atoms with E-state index in [0.29, 0.717) is 17.6 Å². The third kappa shape index (κ3) is 4.87. The van der Waals surface area contributed by atoms with Crippen LogP contribution in [0.3, 0.4) is 0 Å². The smallest absolute Gasteiger partial charge is 0.238 e. The van der Waals surface area contributed by atoms with E-state index in [1.54, 1.807) is 0 Å². The molecule has 12 aromatic rings. The normalized spacial score (nSPS) is 11.9. The van der Waals surface area contributed by atoms with Crippen molar-refractivity contribution in [1.29, 1.82) is 0 Å². The molecule has 57 heavy (non-hydrogen) atoms. The third-order valence-electron chi connectivity index (χ3n) is 11.2. The van der Waals surface area contributed by atoms with Gasteiger partial charge in [0.25, 0.3) is 0 Å². The molecule has 4 heterocycles. The molecule has 0 spiro atoms. The summed E-state index contributed by atoms with van der Waals surface area (Å²) in [5.41, 5.74) is 11.1. The Morgan fingerprint density at radius 1 is 0.351 bits per heavy atom. The molecular weight excluding hydrogens is 699 g/mol. The van der Waals surface area contributed by atoms with Gasteiger partial charge in [-0.15, -0.1) is 0 Å². The zero-order valence-corrected chi connectivity index (χ0v) is 30.5. The Bertz CT molecular complexity index is 3470. The molecule has 0 aliphatic carbocycles. The fourth-order valence-electron chi connectivity index (χ4n) is 8.59. The van der Waals surface area contributed by atoms with E-state index in [-0.39, 0.29) is 0 Å². The molecule has 0 aliphatic heterocycles. The number of hydrogen-bond acceptors (Lipinski definition) is 4. The molecule has 0 bridgehead atoms. The van der Waals surface area contributed by atoms with Crippen LogP contribution in [-0.2, 0) is 0 Å². The summed E-state index contributed by atoms with van der Waals surface area (Å²) in [6.07, 6.45) is 0. The fourth-order valence-corrected chi connectivity index (χ4v) is 8.59. The molecule has 4 aromatic heterocycles. The molecule has 0 aliphatic rings. The molecule has 0 unspecified atom stereocenters. The van der Waals surface area contributed by atoms with Crippen LogP contribution < -0.4 is 0 Å². The first-order chi connectivity index (χ1) is 28.3. The minimum absolute atomic E-state index is 0.567. The van der Waals surface area contributed by atoms with Crippen molar-refractivity contribution < 1.29 is 4.42 Å². The topological polar surface area (TPSA) is 61.7 Å². The van der Waals surface area contributed by atoms with Crippen LogP contribution in [0.4, 0.5) is 0 Å². The largest absolute Gasteiger partial charge is 0.454 e. The van der Waals surface area contributed by atoms with E-state index in [1.165, 1.54) is 10.9 Å². The zero-order chi connectivity index (χ0) is 37.5. The number of benzene rings is 8. The first-order valence-corrected chi connectivity index (χ1v) is 19.1. The van der Waals surface area contributed by atoms with Crippen LogP contribution in [0.25, 0.3) is 111 Å². The van der Waals surface area contributed by atoms with Crippen molar-refractivity contribution in [1.82, 2.24) is 24.1 Å². The van der Waals surface area contributed by atoms with Gasteiger partial charge in [-0.05, 0) is 65.7 Å². The highest BCUT2D eigenvalue weighted by atomic mass is 16.3. The predicted octanol–water partition coefficient (Wildman–Crippen LogP) is 13.0. The molecule has 8 aromatic carbocycles. The van der Waals surface area contributed by atoms with Crippen LogP contribution >= 0.6 is 0 Å². The molecule has 0 amide bonds. The molecular formula is C51H31N5O. The maximum atomic E-state index is 6.86. The maximum Gasteiger partial charge on any atom is 0.238 e. The Balaban J connectivity index is 1.09. The molecule has 6 heteroatoms. The van der Waals surface area contributed by atoms with Gasteiger partial charge in [-0.2, -0.15) is 9.97 Å². The van der Waals surface area contributed by atoms with Gasteiger partial charge < -0.3 is 8.98 Å². The van der Waals surface area contributed by atoms with E-state index in [2.05, 4.69) is 161 Å². The molecule has 0 saturated carbocycles. The van der Waals surface area contributed by atoms with Gasteiger partial charge in [0.15, 0.2) is 17.2 Å². The van der Waals surface area contributed by atoms with Crippen molar-refractivity contribution in [2.75, 3.05) is 0 Å². The first kappa shape index (κ1) is 31.5. The van der Waals surface area contributed by atoms with Gasteiger partial charge in [0.1, 0.15) is 5.58 Å². The number of rotatable bonds is 5. The number of fused-ring (bicyclic) bond motifs is 10. The van der Waals surface area contributed by atoms with E-state index in [1.807, 2.05) is 36.4 Å². The molecule has 0 atom stereocenters. The molecule has 0 N–H and O–H groups in total. The van der Waals surface area contributed by atoms with Crippen LogP contribution in [0, 0.1) is 0 Å².